The Labute approximate surface area is 104 Å². The van der Waals surface area contributed by atoms with Gasteiger partial charge in [0.15, 0.2) is 0 Å². The Morgan fingerprint density at radius 2 is 2.11 bits per heavy atom. The van der Waals surface area contributed by atoms with Crippen molar-refractivity contribution in [2.45, 2.75) is 26.6 Å². The zero-order valence-corrected chi connectivity index (χ0v) is 10.2. The lowest BCUT2D eigenvalue weighted by Crippen LogP contribution is -2.17. The summed E-state index contributed by atoms with van der Waals surface area (Å²) in [6.45, 7) is 3.67. The molecule has 2 aromatic rings. The Morgan fingerprint density at radius 1 is 1.28 bits per heavy atom. The van der Waals surface area contributed by atoms with Crippen LogP contribution in [0.2, 0.25) is 0 Å². The third-order valence-corrected chi connectivity index (χ3v) is 2.75. The van der Waals surface area contributed by atoms with Gasteiger partial charge in [-0.05, 0) is 25.1 Å². The number of aryl methyl sites for hydroxylation is 1. The molecule has 1 N–H and O–H groups in total. The second-order valence-electron chi connectivity index (χ2n) is 3.97. The fourth-order valence-electron chi connectivity index (χ4n) is 1.78. The highest BCUT2D eigenvalue weighted by Crippen LogP contribution is 2.09. The fraction of sp³-hybridized carbons (Fsp3) is 0.308. The summed E-state index contributed by atoms with van der Waals surface area (Å²) in [5.41, 5.74) is 0.324. The zero-order valence-electron chi connectivity index (χ0n) is 10.2. The van der Waals surface area contributed by atoms with Crippen molar-refractivity contribution < 1.29 is 8.78 Å². The number of aromatic nitrogens is 2. The molecule has 0 bridgehead atoms. The van der Waals surface area contributed by atoms with Crippen molar-refractivity contribution in [3.05, 3.63) is 53.6 Å². The van der Waals surface area contributed by atoms with Gasteiger partial charge in [-0.2, -0.15) is 0 Å². The summed E-state index contributed by atoms with van der Waals surface area (Å²) in [6, 6.07) is 3.45. The van der Waals surface area contributed by atoms with Crippen molar-refractivity contribution in [3.8, 4) is 0 Å². The number of imidazole rings is 1. The molecule has 0 saturated heterocycles. The molecule has 0 spiro atoms. The summed E-state index contributed by atoms with van der Waals surface area (Å²) >= 11 is 0. The molecular weight excluding hydrogens is 236 g/mol. The van der Waals surface area contributed by atoms with Crippen molar-refractivity contribution in [1.29, 1.82) is 0 Å². The van der Waals surface area contributed by atoms with E-state index in [4.69, 9.17) is 0 Å². The van der Waals surface area contributed by atoms with Crippen LogP contribution in [-0.2, 0) is 19.6 Å². The van der Waals surface area contributed by atoms with E-state index in [-0.39, 0.29) is 6.54 Å². The monoisotopic (exact) mass is 251 g/mol. The summed E-state index contributed by atoms with van der Waals surface area (Å²) in [7, 11) is 0. The zero-order chi connectivity index (χ0) is 13.0. The van der Waals surface area contributed by atoms with Crippen LogP contribution < -0.4 is 5.32 Å². The molecule has 3 nitrogen and oxygen atoms in total. The van der Waals surface area contributed by atoms with E-state index in [1.165, 1.54) is 6.07 Å². The first kappa shape index (κ1) is 12.7. The Morgan fingerprint density at radius 3 is 2.89 bits per heavy atom. The van der Waals surface area contributed by atoms with Crippen LogP contribution in [0, 0.1) is 11.6 Å². The summed E-state index contributed by atoms with van der Waals surface area (Å²) in [6.07, 6.45) is 3.61. The first-order valence-corrected chi connectivity index (χ1v) is 5.85. The molecule has 0 aliphatic rings. The van der Waals surface area contributed by atoms with E-state index in [9.17, 15) is 8.78 Å². The van der Waals surface area contributed by atoms with Gasteiger partial charge in [-0.3, -0.25) is 0 Å². The van der Waals surface area contributed by atoms with E-state index in [1.807, 2.05) is 17.7 Å². The normalized spacial score (nSPS) is 10.8. The van der Waals surface area contributed by atoms with Gasteiger partial charge in [0, 0.05) is 31.0 Å². The number of benzene rings is 1. The Kier molecular flexibility index (Phi) is 4.04. The highest BCUT2D eigenvalue weighted by molar-refractivity contribution is 5.18. The Hall–Kier alpha value is -1.75. The van der Waals surface area contributed by atoms with Crippen LogP contribution in [0.25, 0.3) is 0 Å². The largest absolute Gasteiger partial charge is 0.334 e. The predicted octanol–water partition coefficient (Wildman–Crippen LogP) is 2.47. The molecule has 0 amide bonds. The molecule has 96 valence electrons. The molecule has 2 rings (SSSR count). The molecule has 0 aliphatic carbocycles. The molecule has 0 saturated carbocycles. The van der Waals surface area contributed by atoms with Gasteiger partial charge in [0.1, 0.15) is 17.5 Å². The van der Waals surface area contributed by atoms with Crippen molar-refractivity contribution in [1.82, 2.24) is 14.9 Å². The average molecular weight is 251 g/mol. The van der Waals surface area contributed by atoms with Gasteiger partial charge in [0.05, 0.1) is 6.54 Å². The van der Waals surface area contributed by atoms with Gasteiger partial charge in [0.2, 0.25) is 0 Å². The van der Waals surface area contributed by atoms with Crippen LogP contribution in [0.4, 0.5) is 8.78 Å². The molecule has 1 aromatic carbocycles. The molecular formula is C13H15F2N3. The van der Waals surface area contributed by atoms with Gasteiger partial charge in [-0.25, -0.2) is 13.8 Å². The van der Waals surface area contributed by atoms with Gasteiger partial charge < -0.3 is 9.88 Å². The van der Waals surface area contributed by atoms with Crippen molar-refractivity contribution in [2.75, 3.05) is 0 Å². The van der Waals surface area contributed by atoms with E-state index in [0.717, 1.165) is 24.5 Å². The Bertz CT molecular complexity index is 523. The average Bonchev–Trinajstić information content (AvgIpc) is 2.81. The van der Waals surface area contributed by atoms with Crippen LogP contribution in [0.5, 0.6) is 0 Å². The smallest absolute Gasteiger partial charge is 0.127 e. The number of rotatable bonds is 5. The van der Waals surface area contributed by atoms with Gasteiger partial charge >= 0.3 is 0 Å². The van der Waals surface area contributed by atoms with Crippen LogP contribution in [0.15, 0.2) is 30.6 Å². The summed E-state index contributed by atoms with van der Waals surface area (Å²) < 4.78 is 28.3. The molecule has 18 heavy (non-hydrogen) atoms. The molecule has 0 atom stereocenters. The molecule has 1 heterocycles. The molecule has 0 aliphatic heterocycles. The quantitative estimate of drug-likeness (QED) is 0.884. The number of hydrogen-bond donors (Lipinski definition) is 1. The van der Waals surface area contributed by atoms with Gasteiger partial charge in [0.25, 0.3) is 0 Å². The molecule has 0 unspecified atom stereocenters. The van der Waals surface area contributed by atoms with Crippen LogP contribution in [0.3, 0.4) is 0 Å². The fourth-order valence-corrected chi connectivity index (χ4v) is 1.78. The topological polar surface area (TPSA) is 29.9 Å². The second-order valence-corrected chi connectivity index (χ2v) is 3.97. The molecule has 1 aromatic heterocycles. The summed E-state index contributed by atoms with van der Waals surface area (Å²) in [4.78, 5) is 4.19. The van der Waals surface area contributed by atoms with Crippen LogP contribution >= 0.6 is 0 Å². The summed E-state index contributed by atoms with van der Waals surface area (Å²) in [5, 5.41) is 3.06. The van der Waals surface area contributed by atoms with Gasteiger partial charge in [-0.1, -0.05) is 0 Å². The summed E-state index contributed by atoms with van der Waals surface area (Å²) in [5.74, 6) is 0.0558. The third-order valence-electron chi connectivity index (χ3n) is 2.75. The highest BCUT2D eigenvalue weighted by Gasteiger charge is 2.05. The lowest BCUT2D eigenvalue weighted by molar-refractivity contribution is 0.558. The Balaban J connectivity index is 1.94. The SMILES string of the molecule is CCn1ccnc1CNCc1cc(F)ccc1F. The number of hydrogen-bond acceptors (Lipinski definition) is 2. The highest BCUT2D eigenvalue weighted by atomic mass is 19.1. The minimum atomic E-state index is -0.428. The lowest BCUT2D eigenvalue weighted by atomic mass is 10.2. The van der Waals surface area contributed by atoms with Gasteiger partial charge in [-0.15, -0.1) is 0 Å². The van der Waals surface area contributed by atoms with E-state index in [2.05, 4.69) is 10.3 Å². The van der Waals surface area contributed by atoms with Crippen molar-refractivity contribution in [2.24, 2.45) is 0 Å². The number of nitrogens with zero attached hydrogens (tertiary/aromatic N) is 2. The first-order valence-electron chi connectivity index (χ1n) is 5.85. The van der Waals surface area contributed by atoms with E-state index < -0.39 is 11.6 Å². The van der Waals surface area contributed by atoms with Crippen LogP contribution in [0.1, 0.15) is 18.3 Å². The maximum Gasteiger partial charge on any atom is 0.127 e. The minimum Gasteiger partial charge on any atom is -0.334 e. The number of halogens is 2. The predicted molar refractivity (Wildman–Crippen MR) is 64.8 cm³/mol. The van der Waals surface area contributed by atoms with E-state index >= 15 is 0 Å². The van der Waals surface area contributed by atoms with Crippen molar-refractivity contribution in [3.63, 3.8) is 0 Å². The van der Waals surface area contributed by atoms with Crippen molar-refractivity contribution >= 4 is 0 Å². The molecule has 0 fully saturated rings. The van der Waals surface area contributed by atoms with E-state index in [1.54, 1.807) is 6.20 Å². The molecule has 5 heteroatoms. The van der Waals surface area contributed by atoms with E-state index in [0.29, 0.717) is 12.1 Å². The maximum atomic E-state index is 13.4. The van der Waals surface area contributed by atoms with Crippen LogP contribution in [-0.4, -0.2) is 9.55 Å². The first-order chi connectivity index (χ1) is 8.70. The second kappa shape index (κ2) is 5.73. The lowest BCUT2D eigenvalue weighted by Gasteiger charge is -2.07. The minimum absolute atomic E-state index is 0.278. The number of nitrogens with one attached hydrogen (secondary N) is 1. The molecule has 0 radical (unpaired) electrons. The standard InChI is InChI=1S/C13H15F2N3/c1-2-18-6-5-17-13(18)9-16-8-10-7-11(14)3-4-12(10)15/h3-7,16H,2,8-9H2,1H3. The maximum absolute atomic E-state index is 13.4. The third kappa shape index (κ3) is 2.92.